The first-order valence-corrected chi connectivity index (χ1v) is 9.07. The minimum absolute atomic E-state index is 0.00415. The fourth-order valence-electron chi connectivity index (χ4n) is 2.51. The van der Waals surface area contributed by atoms with Crippen LogP contribution < -0.4 is 4.90 Å². The molecule has 0 spiro atoms. The predicted molar refractivity (Wildman–Crippen MR) is 103 cm³/mol. The van der Waals surface area contributed by atoms with E-state index in [4.69, 9.17) is 19.7 Å². The van der Waals surface area contributed by atoms with E-state index in [2.05, 4.69) is 11.8 Å². The van der Waals surface area contributed by atoms with E-state index in [1.165, 1.54) is 17.0 Å². The quantitative estimate of drug-likeness (QED) is 0.695. The summed E-state index contributed by atoms with van der Waals surface area (Å²) >= 11 is 0. The van der Waals surface area contributed by atoms with Gasteiger partial charge in [-0.25, -0.2) is 14.0 Å². The number of aliphatic carboxylic acids is 1. The van der Waals surface area contributed by atoms with Gasteiger partial charge >= 0.3 is 18.2 Å². The summed E-state index contributed by atoms with van der Waals surface area (Å²) in [6.07, 6.45) is -2.21. The summed E-state index contributed by atoms with van der Waals surface area (Å²) in [5, 5.41) is 18.0. The molecule has 1 aliphatic rings. The van der Waals surface area contributed by atoms with Crippen molar-refractivity contribution in [2.45, 2.75) is 32.5 Å². The molecule has 0 aromatic heterocycles. The van der Waals surface area contributed by atoms with E-state index in [0.717, 1.165) is 11.0 Å². The van der Waals surface area contributed by atoms with Crippen molar-refractivity contribution >= 4 is 23.8 Å². The molecule has 0 bridgehead atoms. The van der Waals surface area contributed by atoms with Gasteiger partial charge < -0.3 is 19.7 Å². The van der Waals surface area contributed by atoms with E-state index < -0.39 is 42.2 Å². The van der Waals surface area contributed by atoms with Gasteiger partial charge in [0.1, 0.15) is 24.1 Å². The molecule has 9 nitrogen and oxygen atoms in total. The number of carbonyl (C=O) groups excluding carboxylic acids is 2. The van der Waals surface area contributed by atoms with Gasteiger partial charge in [-0.15, -0.1) is 0 Å². The number of hydrogen-bond acceptors (Lipinski definition) is 6. The normalized spacial score (nSPS) is 15.8. The predicted octanol–water partition coefficient (Wildman–Crippen LogP) is 1.82. The first kappa shape index (κ1) is 23.0. The minimum atomic E-state index is -1.24. The highest BCUT2D eigenvalue weighted by atomic mass is 19.1. The molecule has 1 aromatic rings. The van der Waals surface area contributed by atoms with Crippen LogP contribution in [0.25, 0.3) is 0 Å². The van der Waals surface area contributed by atoms with E-state index in [0.29, 0.717) is 0 Å². The average molecular weight is 422 g/mol. The number of anilines is 1. The third kappa shape index (κ3) is 6.35. The summed E-state index contributed by atoms with van der Waals surface area (Å²) in [7, 11) is 0. The lowest BCUT2D eigenvalue weighted by Crippen LogP contribution is -2.40. The molecular formula is C20H23FN2O7. The number of aliphatic hydroxyl groups excluding tert-OH is 1. The van der Waals surface area contributed by atoms with Gasteiger partial charge in [0, 0.05) is 0 Å². The molecule has 1 atom stereocenters. The van der Waals surface area contributed by atoms with Crippen LogP contribution in [0.1, 0.15) is 26.3 Å². The number of carboxylic acid groups (broad SMARTS) is 1. The molecule has 2 N–H and O–H groups in total. The Morgan fingerprint density at radius 1 is 1.40 bits per heavy atom. The SMILES string of the molecule is CC(C)(C)OC(=O)N(CC#Cc1ccc(N2C[C@H](CO)OC2=O)cc1F)CC(=O)O. The number of hydrogen-bond donors (Lipinski definition) is 2. The first-order chi connectivity index (χ1) is 14.0. The van der Waals surface area contributed by atoms with Crippen molar-refractivity contribution in [2.24, 2.45) is 0 Å². The summed E-state index contributed by atoms with van der Waals surface area (Å²) < 4.78 is 24.5. The summed E-state index contributed by atoms with van der Waals surface area (Å²) in [4.78, 5) is 37.0. The number of ether oxygens (including phenoxy) is 2. The fourth-order valence-corrected chi connectivity index (χ4v) is 2.51. The number of aliphatic hydroxyl groups is 1. The number of cyclic esters (lactones) is 1. The molecule has 30 heavy (non-hydrogen) atoms. The molecule has 1 aromatic carbocycles. The van der Waals surface area contributed by atoms with Crippen LogP contribution in [0.4, 0.5) is 19.7 Å². The van der Waals surface area contributed by atoms with E-state index in [-0.39, 0.29) is 30.9 Å². The number of amides is 2. The molecule has 0 saturated carbocycles. The maximum absolute atomic E-state index is 14.4. The highest BCUT2D eigenvalue weighted by molar-refractivity contribution is 5.89. The molecule has 1 saturated heterocycles. The van der Waals surface area contributed by atoms with E-state index in [9.17, 15) is 18.8 Å². The standard InChI is InChI=1S/C20H23FN2O7/c1-20(2,3)30-18(27)22(11-17(25)26)8-4-5-13-6-7-14(9-16(13)21)23-10-15(12-24)29-19(23)28/h6-7,9,15,24H,8,10-12H2,1-3H3,(H,25,26)/t15-/m1/s1. The number of benzene rings is 1. The number of nitrogens with zero attached hydrogens (tertiary/aromatic N) is 2. The van der Waals surface area contributed by atoms with Gasteiger partial charge in [-0.05, 0) is 39.0 Å². The molecule has 1 heterocycles. The van der Waals surface area contributed by atoms with E-state index in [1.807, 2.05) is 0 Å². The lowest BCUT2D eigenvalue weighted by atomic mass is 10.2. The topological polar surface area (TPSA) is 117 Å². The van der Waals surface area contributed by atoms with Crippen LogP contribution in [0.15, 0.2) is 18.2 Å². The fraction of sp³-hybridized carbons (Fsp3) is 0.450. The summed E-state index contributed by atoms with van der Waals surface area (Å²) in [5.74, 6) is 3.16. The van der Waals surface area contributed by atoms with Crippen molar-refractivity contribution in [1.29, 1.82) is 0 Å². The zero-order chi connectivity index (χ0) is 22.5. The van der Waals surface area contributed by atoms with E-state index in [1.54, 1.807) is 20.8 Å². The lowest BCUT2D eigenvalue weighted by molar-refractivity contribution is -0.138. The Morgan fingerprint density at radius 3 is 2.63 bits per heavy atom. The van der Waals surface area contributed by atoms with Crippen LogP contribution >= 0.6 is 0 Å². The first-order valence-electron chi connectivity index (χ1n) is 9.07. The summed E-state index contributed by atoms with van der Waals surface area (Å²) in [5.41, 5.74) is -0.556. The van der Waals surface area contributed by atoms with Crippen molar-refractivity contribution < 1.29 is 38.5 Å². The second-order valence-corrected chi connectivity index (χ2v) is 7.50. The molecule has 162 valence electrons. The third-order valence-corrected chi connectivity index (χ3v) is 3.81. The monoisotopic (exact) mass is 422 g/mol. The van der Waals surface area contributed by atoms with Gasteiger partial charge in [0.25, 0.3) is 0 Å². The molecule has 2 amide bonds. The molecular weight excluding hydrogens is 399 g/mol. The number of carbonyl (C=O) groups is 3. The molecule has 0 unspecified atom stereocenters. The van der Waals surface area contributed by atoms with Crippen LogP contribution in [-0.4, -0.2) is 71.2 Å². The third-order valence-electron chi connectivity index (χ3n) is 3.81. The number of rotatable bonds is 5. The zero-order valence-electron chi connectivity index (χ0n) is 16.8. The van der Waals surface area contributed by atoms with Crippen LogP contribution in [0.2, 0.25) is 0 Å². The Labute approximate surface area is 173 Å². The number of carboxylic acids is 1. The van der Waals surface area contributed by atoms with Gasteiger partial charge in [-0.3, -0.25) is 14.6 Å². The molecule has 1 fully saturated rings. The highest BCUT2D eigenvalue weighted by Crippen LogP contribution is 2.23. The van der Waals surface area contributed by atoms with Crippen molar-refractivity contribution in [3.63, 3.8) is 0 Å². The lowest BCUT2D eigenvalue weighted by Gasteiger charge is -2.25. The number of halogens is 1. The minimum Gasteiger partial charge on any atom is -0.480 e. The Hall–Kier alpha value is -3.32. The van der Waals surface area contributed by atoms with Crippen LogP contribution in [0.3, 0.4) is 0 Å². The largest absolute Gasteiger partial charge is 0.480 e. The summed E-state index contributed by atoms with van der Waals surface area (Å²) in [6, 6.07) is 3.93. The maximum atomic E-state index is 14.4. The van der Waals surface area contributed by atoms with Crippen LogP contribution in [0, 0.1) is 17.7 Å². The Kier molecular flexibility index (Phi) is 7.24. The van der Waals surface area contributed by atoms with Crippen molar-refractivity contribution in [1.82, 2.24) is 4.90 Å². The van der Waals surface area contributed by atoms with Gasteiger partial charge in [-0.1, -0.05) is 11.8 Å². The molecule has 0 radical (unpaired) electrons. The molecule has 0 aliphatic carbocycles. The molecule has 10 heteroatoms. The van der Waals surface area contributed by atoms with E-state index >= 15 is 0 Å². The summed E-state index contributed by atoms with van der Waals surface area (Å²) in [6.45, 7) is 3.80. The van der Waals surface area contributed by atoms with Gasteiger partial charge in [0.2, 0.25) is 0 Å². The molecule has 1 aliphatic heterocycles. The zero-order valence-corrected chi connectivity index (χ0v) is 16.8. The molecule has 2 rings (SSSR count). The van der Waals surface area contributed by atoms with Crippen molar-refractivity contribution in [2.75, 3.05) is 31.1 Å². The Morgan fingerprint density at radius 2 is 2.10 bits per heavy atom. The van der Waals surface area contributed by atoms with Crippen molar-refractivity contribution in [3.8, 4) is 11.8 Å². The highest BCUT2D eigenvalue weighted by Gasteiger charge is 2.32. The average Bonchev–Trinajstić information content (AvgIpc) is 3.01. The van der Waals surface area contributed by atoms with Gasteiger partial charge in [0.05, 0.1) is 30.9 Å². The van der Waals surface area contributed by atoms with Crippen LogP contribution in [0.5, 0.6) is 0 Å². The second-order valence-electron chi connectivity index (χ2n) is 7.50. The van der Waals surface area contributed by atoms with Crippen molar-refractivity contribution in [3.05, 3.63) is 29.6 Å². The smallest absolute Gasteiger partial charge is 0.414 e. The van der Waals surface area contributed by atoms with Gasteiger partial charge in [-0.2, -0.15) is 0 Å². The Balaban J connectivity index is 2.11. The maximum Gasteiger partial charge on any atom is 0.414 e. The van der Waals surface area contributed by atoms with Crippen LogP contribution in [-0.2, 0) is 14.3 Å². The van der Waals surface area contributed by atoms with Gasteiger partial charge in [0.15, 0.2) is 0 Å². The Bertz CT molecular complexity index is 885. The second kappa shape index (κ2) is 9.45.